The van der Waals surface area contributed by atoms with E-state index in [2.05, 4.69) is 53.6 Å². The predicted octanol–water partition coefficient (Wildman–Crippen LogP) is 3.25. The van der Waals surface area contributed by atoms with Crippen LogP contribution in [0.15, 0.2) is 24.5 Å². The van der Waals surface area contributed by atoms with E-state index in [-0.39, 0.29) is 5.91 Å². The number of anilines is 1. The van der Waals surface area contributed by atoms with Crippen LogP contribution in [0.2, 0.25) is 0 Å². The number of fused-ring (bicyclic) bond motifs is 1. The summed E-state index contributed by atoms with van der Waals surface area (Å²) in [5, 5.41) is 18.8. The van der Waals surface area contributed by atoms with Gasteiger partial charge in [0.15, 0.2) is 5.69 Å². The van der Waals surface area contributed by atoms with Crippen LogP contribution in [0.25, 0.3) is 22.3 Å². The fourth-order valence-electron chi connectivity index (χ4n) is 4.23. The summed E-state index contributed by atoms with van der Waals surface area (Å²) in [5.41, 5.74) is 6.72. The predicted molar refractivity (Wildman–Crippen MR) is 119 cm³/mol. The molecule has 0 atom stereocenters. The highest BCUT2D eigenvalue weighted by atomic mass is 16.1. The van der Waals surface area contributed by atoms with E-state index >= 15 is 0 Å². The first-order chi connectivity index (χ1) is 15.0. The zero-order valence-corrected chi connectivity index (χ0v) is 17.9. The molecule has 4 aromatic heterocycles. The van der Waals surface area contributed by atoms with Gasteiger partial charge in [0.05, 0.1) is 29.8 Å². The molecule has 9 nitrogen and oxygen atoms in total. The first-order valence-electron chi connectivity index (χ1n) is 10.6. The quantitative estimate of drug-likeness (QED) is 0.406. The molecule has 0 aliphatic carbocycles. The van der Waals surface area contributed by atoms with Gasteiger partial charge in [0.25, 0.3) is 5.91 Å². The molecule has 0 aromatic carbocycles. The third kappa shape index (κ3) is 3.50. The van der Waals surface area contributed by atoms with Crippen molar-refractivity contribution in [1.29, 1.82) is 0 Å². The summed E-state index contributed by atoms with van der Waals surface area (Å²) in [4.78, 5) is 20.4. The van der Waals surface area contributed by atoms with Gasteiger partial charge in [0.1, 0.15) is 5.65 Å². The number of hydrogen-bond acceptors (Lipinski definition) is 5. The van der Waals surface area contributed by atoms with Crippen LogP contribution in [0.3, 0.4) is 0 Å². The largest absolute Gasteiger partial charge is 0.339 e. The molecule has 4 aromatic rings. The zero-order valence-electron chi connectivity index (χ0n) is 17.9. The third-order valence-electron chi connectivity index (χ3n) is 6.19. The van der Waals surface area contributed by atoms with Gasteiger partial charge in [-0.25, -0.2) is 4.98 Å². The number of hydrogen-bond donors (Lipinski definition) is 4. The van der Waals surface area contributed by atoms with Gasteiger partial charge in [0.2, 0.25) is 0 Å². The number of aryl methyl sites for hydroxylation is 1. The summed E-state index contributed by atoms with van der Waals surface area (Å²) in [5.74, 6) is -0.252. The van der Waals surface area contributed by atoms with Crippen molar-refractivity contribution >= 4 is 22.6 Å². The minimum absolute atomic E-state index is 0.252. The van der Waals surface area contributed by atoms with Crippen LogP contribution in [0.4, 0.5) is 5.69 Å². The third-order valence-corrected chi connectivity index (χ3v) is 6.19. The molecule has 1 fully saturated rings. The molecule has 5 heterocycles. The lowest BCUT2D eigenvalue weighted by molar-refractivity contribution is 0.102. The Labute approximate surface area is 179 Å². The second-order valence-electron chi connectivity index (χ2n) is 8.19. The number of H-pyrrole nitrogens is 2. The van der Waals surface area contributed by atoms with Gasteiger partial charge in [-0.05, 0) is 58.8 Å². The van der Waals surface area contributed by atoms with Crippen LogP contribution in [-0.2, 0) is 0 Å². The van der Waals surface area contributed by atoms with Crippen LogP contribution in [-0.4, -0.2) is 48.9 Å². The Hall–Kier alpha value is -3.46. The summed E-state index contributed by atoms with van der Waals surface area (Å²) >= 11 is 0. The van der Waals surface area contributed by atoms with Crippen molar-refractivity contribution in [3.8, 4) is 11.3 Å². The van der Waals surface area contributed by atoms with E-state index in [1.165, 1.54) is 0 Å². The Kier molecular flexibility index (Phi) is 4.82. The lowest BCUT2D eigenvalue weighted by atomic mass is 10.1. The maximum absolute atomic E-state index is 12.6. The van der Waals surface area contributed by atoms with Crippen molar-refractivity contribution in [2.24, 2.45) is 0 Å². The molecule has 9 heteroatoms. The van der Waals surface area contributed by atoms with Gasteiger partial charge in [-0.15, -0.1) is 0 Å². The highest BCUT2D eigenvalue weighted by molar-refractivity contribution is 6.04. The van der Waals surface area contributed by atoms with Crippen molar-refractivity contribution in [3.63, 3.8) is 0 Å². The fourth-order valence-corrected chi connectivity index (χ4v) is 4.23. The maximum atomic E-state index is 12.6. The summed E-state index contributed by atoms with van der Waals surface area (Å²) in [6.07, 6.45) is 5.76. The minimum Gasteiger partial charge on any atom is -0.339 e. The van der Waals surface area contributed by atoms with Crippen molar-refractivity contribution < 1.29 is 4.79 Å². The van der Waals surface area contributed by atoms with Crippen molar-refractivity contribution in [2.45, 2.75) is 39.7 Å². The van der Waals surface area contributed by atoms with Crippen molar-refractivity contribution in [1.82, 2.24) is 35.3 Å². The Morgan fingerprint density at radius 3 is 2.71 bits per heavy atom. The number of pyridine rings is 1. The summed E-state index contributed by atoms with van der Waals surface area (Å²) < 4.78 is 2.15. The van der Waals surface area contributed by atoms with E-state index in [0.717, 1.165) is 65.2 Å². The van der Waals surface area contributed by atoms with Crippen LogP contribution in [0.5, 0.6) is 0 Å². The molecule has 4 N–H and O–H groups in total. The second-order valence-corrected chi connectivity index (χ2v) is 8.19. The van der Waals surface area contributed by atoms with Gasteiger partial charge in [-0.2, -0.15) is 10.2 Å². The Morgan fingerprint density at radius 1 is 1.16 bits per heavy atom. The highest BCUT2D eigenvalue weighted by Crippen LogP contribution is 2.30. The van der Waals surface area contributed by atoms with E-state index in [4.69, 9.17) is 0 Å². The van der Waals surface area contributed by atoms with Gasteiger partial charge in [0, 0.05) is 27.9 Å². The number of nitrogens with one attached hydrogen (secondary N) is 4. The SMILES string of the molecule is Cc1[nH]nc(C(=O)Nc2cnc3[nH]c(-c4cnn(C5CCNCC5)c4C)cc3c2)c1C. The number of carbonyl (C=O) groups is 1. The molecule has 160 valence electrons. The van der Waals surface area contributed by atoms with Crippen LogP contribution in [0, 0.1) is 20.8 Å². The first-order valence-corrected chi connectivity index (χ1v) is 10.6. The number of rotatable bonds is 4. The van der Waals surface area contributed by atoms with Crippen LogP contribution in [0.1, 0.15) is 46.3 Å². The molecule has 5 rings (SSSR count). The minimum atomic E-state index is -0.252. The molecule has 0 spiro atoms. The average molecular weight is 419 g/mol. The topological polar surface area (TPSA) is 116 Å². The second kappa shape index (κ2) is 7.66. The molecule has 31 heavy (non-hydrogen) atoms. The highest BCUT2D eigenvalue weighted by Gasteiger charge is 2.20. The normalized spacial score (nSPS) is 14.9. The fraction of sp³-hybridized carbons (Fsp3) is 0.364. The Morgan fingerprint density at radius 2 is 1.97 bits per heavy atom. The van der Waals surface area contributed by atoms with Crippen LogP contribution < -0.4 is 10.6 Å². The molecule has 1 aliphatic rings. The van der Waals surface area contributed by atoms with Gasteiger partial charge in [-0.1, -0.05) is 0 Å². The van der Waals surface area contributed by atoms with Gasteiger partial charge in [-0.3, -0.25) is 14.6 Å². The van der Waals surface area contributed by atoms with Gasteiger partial charge < -0.3 is 15.6 Å². The zero-order chi connectivity index (χ0) is 21.5. The molecule has 0 unspecified atom stereocenters. The molecule has 0 radical (unpaired) electrons. The average Bonchev–Trinajstić information content (AvgIpc) is 3.45. The number of aromatic nitrogens is 6. The van der Waals surface area contributed by atoms with Crippen molar-refractivity contribution in [2.75, 3.05) is 18.4 Å². The number of amides is 1. The van der Waals surface area contributed by atoms with E-state index in [1.807, 2.05) is 26.1 Å². The summed E-state index contributed by atoms with van der Waals surface area (Å²) in [7, 11) is 0. The van der Waals surface area contributed by atoms with Crippen LogP contribution >= 0.6 is 0 Å². The van der Waals surface area contributed by atoms with Crippen molar-refractivity contribution in [3.05, 3.63) is 47.2 Å². The maximum Gasteiger partial charge on any atom is 0.276 e. The van der Waals surface area contributed by atoms with Gasteiger partial charge >= 0.3 is 0 Å². The monoisotopic (exact) mass is 418 g/mol. The lowest BCUT2D eigenvalue weighted by Crippen LogP contribution is -2.30. The molecule has 0 saturated carbocycles. The molecule has 1 amide bonds. The summed E-state index contributed by atoms with van der Waals surface area (Å²) in [6.45, 7) is 7.94. The number of carbonyl (C=O) groups excluding carboxylic acids is 1. The molecular weight excluding hydrogens is 392 g/mol. The number of aromatic amines is 2. The van der Waals surface area contributed by atoms with E-state index < -0.39 is 0 Å². The molecular formula is C22H26N8O. The smallest absolute Gasteiger partial charge is 0.276 e. The lowest BCUT2D eigenvalue weighted by Gasteiger charge is -2.24. The van der Waals surface area contributed by atoms with E-state index in [0.29, 0.717) is 17.4 Å². The molecule has 0 bridgehead atoms. The number of nitrogens with zero attached hydrogens (tertiary/aromatic N) is 4. The Bertz CT molecular complexity index is 1260. The van der Waals surface area contributed by atoms with E-state index in [9.17, 15) is 4.79 Å². The summed E-state index contributed by atoms with van der Waals surface area (Å²) in [6, 6.07) is 4.41. The molecule has 1 aliphatic heterocycles. The number of piperidine rings is 1. The standard InChI is InChI=1S/C22H26N8O/c1-12-13(2)28-29-20(12)22(31)26-16-8-15-9-19(27-21(15)24-10-16)18-11-25-30(14(18)3)17-4-6-23-7-5-17/h8-11,17,23H,4-7H2,1-3H3,(H,24,27)(H,26,31)(H,28,29). The van der Waals surface area contributed by atoms with E-state index in [1.54, 1.807) is 6.20 Å². The Balaban J connectivity index is 1.40. The molecule has 1 saturated heterocycles. The first kappa shape index (κ1) is 19.5.